The van der Waals surface area contributed by atoms with E-state index in [9.17, 15) is 50.4 Å². The zero-order chi connectivity index (χ0) is 35.1. The summed E-state index contributed by atoms with van der Waals surface area (Å²) in [7, 11) is 0. The predicted molar refractivity (Wildman–Crippen MR) is 171 cm³/mol. The molecule has 0 radical (unpaired) electrons. The van der Waals surface area contributed by atoms with Gasteiger partial charge in [-0.2, -0.15) is 0 Å². The number of nitrogens with zero attached hydrogens (tertiary/aromatic N) is 1. The number of hydrogen-bond donors (Lipinski definition) is 12. The van der Waals surface area contributed by atoms with Gasteiger partial charge in [-0.15, -0.1) is 0 Å². The van der Waals surface area contributed by atoms with Crippen molar-refractivity contribution >= 4 is 33.8 Å². The van der Waals surface area contributed by atoms with Gasteiger partial charge >= 0.3 is 0 Å². The number of aliphatic hydroxyl groups is 10. The Kier molecular flexibility index (Phi) is 19.9. The van der Waals surface area contributed by atoms with Crippen molar-refractivity contribution in [3.63, 3.8) is 0 Å². The Morgan fingerprint density at radius 1 is 0.717 bits per heavy atom. The normalized spacial score (nSPS) is 18.6. The molecule has 0 spiro atoms. The number of ether oxygens (including phenoxy) is 1. The van der Waals surface area contributed by atoms with Gasteiger partial charge in [-0.25, -0.2) is 0 Å². The summed E-state index contributed by atoms with van der Waals surface area (Å²) < 4.78 is 5.85. The summed E-state index contributed by atoms with van der Waals surface area (Å²) in [5.41, 5.74) is 12.8. The average molecular weight is 700 g/mol. The van der Waals surface area contributed by atoms with Crippen LogP contribution in [0.2, 0.25) is 0 Å². The Morgan fingerprint density at radius 2 is 1.13 bits per heavy atom. The summed E-state index contributed by atoms with van der Waals surface area (Å²) in [6.45, 7) is 0.289. The van der Waals surface area contributed by atoms with E-state index in [1.165, 1.54) is 4.90 Å². The van der Waals surface area contributed by atoms with E-state index in [4.69, 9.17) is 26.4 Å². The minimum atomic E-state index is -1.92. The van der Waals surface area contributed by atoms with Gasteiger partial charge in [0.05, 0.1) is 37.5 Å². The molecule has 16 nitrogen and oxygen atoms in total. The molecule has 0 aliphatic heterocycles. The summed E-state index contributed by atoms with van der Waals surface area (Å²) >= 11 is 2.04. The van der Waals surface area contributed by atoms with E-state index >= 15 is 0 Å². The molecule has 18 heteroatoms. The monoisotopic (exact) mass is 699 g/mol. The molecule has 0 heterocycles. The number of benzene rings is 1. The molecule has 0 saturated carbocycles. The van der Waals surface area contributed by atoms with Gasteiger partial charge in [0.15, 0.2) is 0 Å². The first kappa shape index (κ1) is 42.6. The standard InChI is InChI=1S/C28H49N3O13S2/c1-14(29)27(42)45-12-16-3-4-18(7-17(16)13-46-28(43)15(2)30)44-6-5-31(8-19(34)23(38)25(40)21(36)10-32)9-20(35)24(39)26(41)22(37)11-33/h3-4,7,14-15,19-26,32-41H,5-6,8-13,29-30H2,1-2H3/t14-,15-,19-,20-,21+,22+,23+,24+,25+,26+/m0/s1. The van der Waals surface area contributed by atoms with Crippen LogP contribution in [-0.4, -0.2) is 167 Å². The highest BCUT2D eigenvalue weighted by Gasteiger charge is 2.34. The Labute approximate surface area is 276 Å². The zero-order valence-corrected chi connectivity index (χ0v) is 27.4. The van der Waals surface area contributed by atoms with Crippen molar-refractivity contribution < 1.29 is 65.4 Å². The van der Waals surface area contributed by atoms with Crippen molar-refractivity contribution in [3.05, 3.63) is 29.3 Å². The third-order valence-electron chi connectivity index (χ3n) is 6.88. The van der Waals surface area contributed by atoms with E-state index < -0.39 is 87.2 Å². The number of thioether (sulfide) groups is 2. The Balaban J connectivity index is 3.11. The minimum Gasteiger partial charge on any atom is -0.492 e. The van der Waals surface area contributed by atoms with Crippen LogP contribution in [0.4, 0.5) is 0 Å². The summed E-state index contributed by atoms with van der Waals surface area (Å²) in [5, 5.41) is 98.4. The van der Waals surface area contributed by atoms with Crippen LogP contribution in [-0.2, 0) is 21.1 Å². The topological polar surface area (TPSA) is 301 Å². The minimum absolute atomic E-state index is 0.0708. The van der Waals surface area contributed by atoms with Gasteiger partial charge in [0.2, 0.25) is 10.2 Å². The number of carbonyl (C=O) groups is 2. The van der Waals surface area contributed by atoms with Gasteiger partial charge in [-0.05, 0) is 37.1 Å². The van der Waals surface area contributed by atoms with Gasteiger partial charge in [0.25, 0.3) is 0 Å². The smallest absolute Gasteiger partial charge is 0.205 e. The van der Waals surface area contributed by atoms with Crippen molar-refractivity contribution in [3.8, 4) is 5.75 Å². The molecule has 1 rings (SSSR count). The lowest BCUT2D eigenvalue weighted by atomic mass is 10.0. The lowest BCUT2D eigenvalue weighted by Crippen LogP contribution is -2.53. The fourth-order valence-electron chi connectivity index (χ4n) is 3.95. The van der Waals surface area contributed by atoms with Crippen molar-refractivity contribution in [1.29, 1.82) is 0 Å². The van der Waals surface area contributed by atoms with Gasteiger partial charge in [0.1, 0.15) is 49.0 Å². The maximum absolute atomic E-state index is 12.1. The molecule has 0 amide bonds. The maximum Gasteiger partial charge on any atom is 0.205 e. The molecule has 1 aromatic carbocycles. The second-order valence-electron chi connectivity index (χ2n) is 10.9. The molecular weight excluding hydrogens is 650 g/mol. The fourth-order valence-corrected chi connectivity index (χ4v) is 5.62. The van der Waals surface area contributed by atoms with Crippen molar-refractivity contribution in [2.24, 2.45) is 11.5 Å². The second-order valence-corrected chi connectivity index (χ2v) is 12.9. The third kappa shape index (κ3) is 14.3. The van der Waals surface area contributed by atoms with Gasteiger partial charge in [-0.1, -0.05) is 29.6 Å². The Morgan fingerprint density at radius 3 is 1.54 bits per heavy atom. The molecule has 0 aromatic heterocycles. The van der Waals surface area contributed by atoms with E-state index in [0.29, 0.717) is 17.1 Å². The summed E-state index contributed by atoms with van der Waals surface area (Å²) in [4.78, 5) is 25.5. The summed E-state index contributed by atoms with van der Waals surface area (Å²) in [5.74, 6) is 0.898. The van der Waals surface area contributed by atoms with Gasteiger partial charge < -0.3 is 67.3 Å². The highest BCUT2D eigenvalue weighted by atomic mass is 32.2. The molecule has 266 valence electrons. The van der Waals surface area contributed by atoms with Crippen LogP contribution in [0, 0.1) is 0 Å². The van der Waals surface area contributed by atoms with Crippen molar-refractivity contribution in [1.82, 2.24) is 4.90 Å². The summed E-state index contributed by atoms with van der Waals surface area (Å²) in [6.07, 6.45) is -14.6. The van der Waals surface area contributed by atoms with E-state index in [1.807, 2.05) is 0 Å². The quantitative estimate of drug-likeness (QED) is 0.0542. The van der Waals surface area contributed by atoms with Gasteiger partial charge in [-0.3, -0.25) is 14.5 Å². The lowest BCUT2D eigenvalue weighted by Gasteiger charge is -2.33. The molecule has 0 aliphatic rings. The number of aliphatic hydroxyl groups excluding tert-OH is 10. The molecule has 10 atom stereocenters. The van der Waals surface area contributed by atoms with Crippen LogP contribution in [0.15, 0.2) is 18.2 Å². The van der Waals surface area contributed by atoms with E-state index in [-0.39, 0.29) is 29.1 Å². The molecule has 46 heavy (non-hydrogen) atoms. The molecule has 0 unspecified atom stereocenters. The highest BCUT2D eigenvalue weighted by Crippen LogP contribution is 2.27. The second kappa shape index (κ2) is 21.5. The molecule has 0 bridgehead atoms. The maximum atomic E-state index is 12.1. The van der Waals surface area contributed by atoms with Crippen LogP contribution in [0.3, 0.4) is 0 Å². The van der Waals surface area contributed by atoms with Crippen molar-refractivity contribution in [2.75, 3.05) is 39.5 Å². The first-order chi connectivity index (χ1) is 21.5. The summed E-state index contributed by atoms with van der Waals surface area (Å²) in [6, 6.07) is 3.70. The SMILES string of the molecule is C[C@H](N)C(=O)SCc1ccc(OCCN(C[C@H](O)[C@@H](O)[C@H](O)[C@H](O)CO)C[C@H](O)[C@@H](O)[C@H](O)[C@H](O)CO)cc1CSC(=O)[C@H](C)N. The number of carbonyl (C=O) groups excluding carboxylic acids is 2. The number of hydrogen-bond acceptors (Lipinski definition) is 18. The first-order valence-corrected chi connectivity index (χ1v) is 16.5. The lowest BCUT2D eigenvalue weighted by molar-refractivity contribution is -0.130. The highest BCUT2D eigenvalue weighted by molar-refractivity contribution is 8.13. The van der Waals surface area contributed by atoms with E-state index in [1.54, 1.807) is 32.0 Å². The average Bonchev–Trinajstić information content (AvgIpc) is 3.03. The largest absolute Gasteiger partial charge is 0.492 e. The van der Waals surface area contributed by atoms with E-state index in [2.05, 4.69) is 0 Å². The zero-order valence-electron chi connectivity index (χ0n) is 25.8. The van der Waals surface area contributed by atoms with Crippen LogP contribution < -0.4 is 16.2 Å². The number of nitrogens with two attached hydrogens (primary N) is 2. The van der Waals surface area contributed by atoms with Gasteiger partial charge in [0, 0.05) is 31.1 Å². The number of rotatable bonds is 22. The Bertz CT molecular complexity index is 1030. The molecule has 0 aliphatic carbocycles. The van der Waals surface area contributed by atoms with Crippen LogP contribution in [0.5, 0.6) is 5.75 Å². The molecule has 1 aromatic rings. The van der Waals surface area contributed by atoms with Crippen LogP contribution >= 0.6 is 23.5 Å². The third-order valence-corrected chi connectivity index (χ3v) is 9.10. The predicted octanol–water partition coefficient (Wildman–Crippen LogP) is -4.55. The van der Waals surface area contributed by atoms with E-state index in [0.717, 1.165) is 29.1 Å². The first-order valence-electron chi connectivity index (χ1n) is 14.5. The Hall–Kier alpha value is -1.46. The van der Waals surface area contributed by atoms with Crippen LogP contribution in [0.25, 0.3) is 0 Å². The molecule has 14 N–H and O–H groups in total. The molecule has 0 fully saturated rings. The van der Waals surface area contributed by atoms with Crippen molar-refractivity contribution in [2.45, 2.75) is 86.3 Å². The molecular formula is C28H49N3O13S2. The fraction of sp³-hybridized carbons (Fsp3) is 0.714. The molecule has 0 saturated heterocycles. The van der Waals surface area contributed by atoms with Crippen LogP contribution in [0.1, 0.15) is 25.0 Å².